The van der Waals surface area contributed by atoms with Gasteiger partial charge in [0, 0.05) is 6.26 Å². The quantitative estimate of drug-likeness (QED) is 0.762. The maximum Gasteiger partial charge on any atom is 0.314 e. The maximum absolute atomic E-state index is 11.7. The van der Waals surface area contributed by atoms with E-state index in [9.17, 15) is 13.2 Å². The van der Waals surface area contributed by atoms with Crippen molar-refractivity contribution < 1.29 is 17.9 Å². The molecule has 0 aliphatic rings. The third-order valence-electron chi connectivity index (χ3n) is 2.52. The van der Waals surface area contributed by atoms with Crippen LogP contribution in [0.3, 0.4) is 0 Å². The molecule has 0 N–H and O–H groups in total. The summed E-state index contributed by atoms with van der Waals surface area (Å²) in [4.78, 5) is 11.7. The minimum absolute atomic E-state index is 0.232. The molecule has 1 unspecified atom stereocenters. The first kappa shape index (κ1) is 13.7. The molecule has 0 aromatic heterocycles. The summed E-state index contributed by atoms with van der Waals surface area (Å²) in [5.74, 6) is -1.51. The van der Waals surface area contributed by atoms with Gasteiger partial charge in [0.05, 0.1) is 18.8 Å². The monoisotopic (exact) mass is 256 g/mol. The lowest BCUT2D eigenvalue weighted by Gasteiger charge is -2.16. The summed E-state index contributed by atoms with van der Waals surface area (Å²) in [6, 6.07) is 7.21. The lowest BCUT2D eigenvalue weighted by molar-refractivity contribution is -0.141. The van der Waals surface area contributed by atoms with Crippen molar-refractivity contribution in [2.45, 2.75) is 12.8 Å². The number of sulfone groups is 1. The Hall–Kier alpha value is -1.36. The molecule has 0 radical (unpaired) electrons. The van der Waals surface area contributed by atoms with E-state index >= 15 is 0 Å². The molecule has 4 nitrogen and oxygen atoms in total. The van der Waals surface area contributed by atoms with Gasteiger partial charge in [-0.05, 0) is 18.1 Å². The Balaban J connectivity index is 3.16. The standard InChI is InChI=1S/C12H16O4S/c1-9-6-4-5-7-10(9)11(12(13)16-2)8-17(3,14)15/h4-7,11H,8H2,1-3H3. The van der Waals surface area contributed by atoms with Crippen LogP contribution in [0, 0.1) is 6.92 Å². The number of methoxy groups -OCH3 is 1. The van der Waals surface area contributed by atoms with Crippen molar-refractivity contribution in [2.75, 3.05) is 19.1 Å². The van der Waals surface area contributed by atoms with Crippen molar-refractivity contribution >= 4 is 15.8 Å². The van der Waals surface area contributed by atoms with Crippen LogP contribution in [-0.2, 0) is 19.4 Å². The summed E-state index contributed by atoms with van der Waals surface area (Å²) in [5, 5.41) is 0. The fourth-order valence-corrected chi connectivity index (χ4v) is 2.63. The van der Waals surface area contributed by atoms with Crippen LogP contribution in [0.4, 0.5) is 0 Å². The third kappa shape index (κ3) is 3.85. The van der Waals surface area contributed by atoms with Gasteiger partial charge in [-0.25, -0.2) is 8.42 Å². The Kier molecular flexibility index (Phi) is 4.28. The summed E-state index contributed by atoms with van der Waals surface area (Å²) in [7, 11) is -1.98. The first-order valence-corrected chi connectivity index (χ1v) is 7.22. The predicted molar refractivity (Wildman–Crippen MR) is 65.6 cm³/mol. The van der Waals surface area contributed by atoms with E-state index in [0.29, 0.717) is 5.56 Å². The van der Waals surface area contributed by atoms with Crippen LogP contribution >= 0.6 is 0 Å². The number of hydrogen-bond donors (Lipinski definition) is 0. The van der Waals surface area contributed by atoms with E-state index in [1.807, 2.05) is 19.1 Å². The van der Waals surface area contributed by atoms with Crippen LogP contribution in [0.5, 0.6) is 0 Å². The smallest absolute Gasteiger partial charge is 0.314 e. The second-order valence-corrected chi connectivity index (χ2v) is 6.21. The van der Waals surface area contributed by atoms with Gasteiger partial charge in [0.1, 0.15) is 9.84 Å². The van der Waals surface area contributed by atoms with E-state index in [4.69, 9.17) is 0 Å². The van der Waals surface area contributed by atoms with Gasteiger partial charge < -0.3 is 4.74 Å². The Bertz CT molecular complexity index is 505. The summed E-state index contributed by atoms with van der Waals surface area (Å²) < 4.78 is 27.3. The van der Waals surface area contributed by atoms with Gasteiger partial charge in [0.15, 0.2) is 0 Å². The van der Waals surface area contributed by atoms with Crippen molar-refractivity contribution in [1.29, 1.82) is 0 Å². The minimum atomic E-state index is -3.24. The third-order valence-corrected chi connectivity index (χ3v) is 3.46. The lowest BCUT2D eigenvalue weighted by atomic mass is 9.96. The molecule has 0 amide bonds. The average molecular weight is 256 g/mol. The normalized spacial score (nSPS) is 13.1. The van der Waals surface area contributed by atoms with Crippen molar-refractivity contribution in [2.24, 2.45) is 0 Å². The largest absolute Gasteiger partial charge is 0.469 e. The van der Waals surface area contributed by atoms with E-state index in [1.165, 1.54) is 7.11 Å². The van der Waals surface area contributed by atoms with Crippen LogP contribution in [0.15, 0.2) is 24.3 Å². The average Bonchev–Trinajstić information content (AvgIpc) is 2.25. The summed E-state index contributed by atoms with van der Waals surface area (Å²) in [6.45, 7) is 1.84. The van der Waals surface area contributed by atoms with Crippen LogP contribution in [0.25, 0.3) is 0 Å². The Labute approximate surface area is 102 Å². The zero-order valence-corrected chi connectivity index (χ0v) is 11.0. The van der Waals surface area contributed by atoms with Gasteiger partial charge in [0.2, 0.25) is 0 Å². The predicted octanol–water partition coefficient (Wildman–Crippen LogP) is 1.30. The summed E-state index contributed by atoms with van der Waals surface area (Å²) in [5.41, 5.74) is 1.58. The molecule has 0 saturated carbocycles. The highest BCUT2D eigenvalue weighted by Crippen LogP contribution is 2.22. The topological polar surface area (TPSA) is 60.4 Å². The number of carbonyl (C=O) groups is 1. The number of ether oxygens (including phenoxy) is 1. The Morgan fingerprint density at radius 3 is 2.41 bits per heavy atom. The highest BCUT2D eigenvalue weighted by atomic mass is 32.2. The SMILES string of the molecule is COC(=O)C(CS(C)(=O)=O)c1ccccc1C. The number of esters is 1. The van der Waals surface area contributed by atoms with Crippen molar-refractivity contribution in [1.82, 2.24) is 0 Å². The van der Waals surface area contributed by atoms with E-state index in [2.05, 4.69) is 4.74 Å². The van der Waals surface area contributed by atoms with Crippen LogP contribution in [0.1, 0.15) is 17.0 Å². The van der Waals surface area contributed by atoms with Gasteiger partial charge in [-0.15, -0.1) is 0 Å². The number of benzene rings is 1. The molecule has 94 valence electrons. The zero-order chi connectivity index (χ0) is 13.1. The molecule has 0 fully saturated rings. The molecular formula is C12H16O4S. The van der Waals surface area contributed by atoms with Gasteiger partial charge in [-0.3, -0.25) is 4.79 Å². The number of rotatable bonds is 4. The molecule has 0 aliphatic heterocycles. The molecule has 1 atom stereocenters. The molecule has 17 heavy (non-hydrogen) atoms. The number of hydrogen-bond acceptors (Lipinski definition) is 4. The molecule has 1 aromatic carbocycles. The van der Waals surface area contributed by atoms with E-state index in [-0.39, 0.29) is 5.75 Å². The minimum Gasteiger partial charge on any atom is -0.469 e. The molecule has 0 heterocycles. The fraction of sp³-hybridized carbons (Fsp3) is 0.417. The lowest BCUT2D eigenvalue weighted by Crippen LogP contribution is -2.23. The Morgan fingerprint density at radius 2 is 1.94 bits per heavy atom. The van der Waals surface area contributed by atoms with Gasteiger partial charge in [0.25, 0.3) is 0 Å². The van der Waals surface area contributed by atoms with Crippen LogP contribution < -0.4 is 0 Å². The highest BCUT2D eigenvalue weighted by Gasteiger charge is 2.26. The molecular weight excluding hydrogens is 240 g/mol. The second kappa shape index (κ2) is 5.31. The van der Waals surface area contributed by atoms with Gasteiger partial charge >= 0.3 is 5.97 Å². The molecule has 0 saturated heterocycles. The van der Waals surface area contributed by atoms with Crippen LogP contribution in [-0.4, -0.2) is 33.5 Å². The maximum atomic E-state index is 11.7. The highest BCUT2D eigenvalue weighted by molar-refractivity contribution is 7.90. The van der Waals surface area contributed by atoms with Crippen molar-refractivity contribution in [3.8, 4) is 0 Å². The molecule has 0 bridgehead atoms. The molecule has 0 aliphatic carbocycles. The van der Waals surface area contributed by atoms with Crippen LogP contribution in [0.2, 0.25) is 0 Å². The summed E-state index contributed by atoms with van der Waals surface area (Å²) in [6.07, 6.45) is 1.11. The molecule has 1 rings (SSSR count). The van der Waals surface area contributed by atoms with Gasteiger partial charge in [-0.2, -0.15) is 0 Å². The van der Waals surface area contributed by atoms with Gasteiger partial charge in [-0.1, -0.05) is 24.3 Å². The molecule has 1 aromatic rings. The molecule has 5 heteroatoms. The number of carbonyl (C=O) groups excluding carboxylic acids is 1. The first-order chi connectivity index (χ1) is 7.85. The zero-order valence-electron chi connectivity index (χ0n) is 10.1. The van der Waals surface area contributed by atoms with E-state index in [0.717, 1.165) is 11.8 Å². The summed E-state index contributed by atoms with van der Waals surface area (Å²) >= 11 is 0. The number of aryl methyl sites for hydroxylation is 1. The van der Waals surface area contributed by atoms with Crippen molar-refractivity contribution in [3.63, 3.8) is 0 Å². The van der Waals surface area contributed by atoms with E-state index < -0.39 is 21.7 Å². The second-order valence-electron chi connectivity index (χ2n) is 4.02. The fourth-order valence-electron chi connectivity index (χ4n) is 1.71. The van der Waals surface area contributed by atoms with Crippen molar-refractivity contribution in [3.05, 3.63) is 35.4 Å². The Morgan fingerprint density at radius 1 is 1.35 bits per heavy atom. The first-order valence-electron chi connectivity index (χ1n) is 5.16. The molecule has 0 spiro atoms. The van der Waals surface area contributed by atoms with E-state index in [1.54, 1.807) is 12.1 Å².